The first-order chi connectivity index (χ1) is 59.6. The second kappa shape index (κ2) is 38.4. The van der Waals surface area contributed by atoms with Crippen LogP contribution in [0, 0.1) is 10.8 Å². The lowest BCUT2D eigenvalue weighted by Gasteiger charge is -2.37. The van der Waals surface area contributed by atoms with E-state index in [4.69, 9.17) is 37.9 Å². The van der Waals surface area contributed by atoms with E-state index in [2.05, 4.69) is 360 Å². The van der Waals surface area contributed by atoms with E-state index in [9.17, 15) is 0 Å². The first kappa shape index (κ1) is 79.8. The van der Waals surface area contributed by atoms with E-state index in [1.54, 1.807) is 0 Å². The number of unbranched alkanes of at least 4 members (excludes halogenated alkanes) is 2. The molecule has 17 rings (SSSR count). The highest BCUT2D eigenvalue weighted by atomic mass is 16.5. The van der Waals surface area contributed by atoms with E-state index in [0.29, 0.717) is 44.5 Å². The fraction of sp³-hybridized carbons (Fsp3) is 0.167. The van der Waals surface area contributed by atoms with Crippen LogP contribution in [0.1, 0.15) is 39.5 Å². The van der Waals surface area contributed by atoms with E-state index in [-0.39, 0.29) is 10.8 Å². The molecule has 2 fully saturated rings. The smallest absolute Gasteiger partial charge is 0.129 e. The normalized spacial score (nSPS) is 13.0. The average molecular weight is 1600 g/mol. The van der Waals surface area contributed by atoms with Crippen LogP contribution >= 0.6 is 0 Å². The Kier molecular flexibility index (Phi) is 25.3. The number of para-hydroxylation sites is 5. The molecule has 0 bridgehead atoms. The molecule has 15 aromatic carbocycles. The fourth-order valence-corrected chi connectivity index (χ4v) is 15.4. The third-order valence-electron chi connectivity index (χ3n) is 21.8. The Bertz CT molecular complexity index is 5690. The van der Waals surface area contributed by atoms with E-state index in [0.717, 1.165) is 189 Å². The molecule has 0 unspecified atom stereocenters. The van der Waals surface area contributed by atoms with Crippen molar-refractivity contribution in [1.29, 1.82) is 0 Å². The number of ether oxygens (including phenoxy) is 8. The van der Waals surface area contributed by atoms with Gasteiger partial charge in [-0.15, -0.1) is 0 Å². The van der Waals surface area contributed by atoms with Crippen LogP contribution in [0.25, 0.3) is 22.3 Å². The topological polar surface area (TPSA) is 90.0 Å². The Labute approximate surface area is 710 Å². The Morgan fingerprint density at radius 1 is 0.215 bits per heavy atom. The van der Waals surface area contributed by atoms with Crippen LogP contribution in [0.4, 0.5) is 85.3 Å². The highest BCUT2D eigenvalue weighted by molar-refractivity contribution is 5.85. The highest BCUT2D eigenvalue weighted by Crippen LogP contribution is 2.45. The number of hydrogen-bond acceptors (Lipinski definition) is 13. The van der Waals surface area contributed by atoms with Crippen LogP contribution in [-0.2, 0) is 18.9 Å². The molecule has 2 aliphatic rings. The van der Waals surface area contributed by atoms with Crippen LogP contribution in [-0.4, -0.2) is 66.1 Å². The van der Waals surface area contributed by atoms with Crippen molar-refractivity contribution in [3.05, 3.63) is 394 Å². The molecule has 0 atom stereocenters. The van der Waals surface area contributed by atoms with Gasteiger partial charge in [0.2, 0.25) is 0 Å². The lowest BCUT2D eigenvalue weighted by Crippen LogP contribution is -2.43. The maximum atomic E-state index is 6.88. The number of benzene rings is 15. The predicted octanol–water partition coefficient (Wildman–Crippen LogP) is 28.4. The molecule has 15 aromatic rings. The molecule has 0 saturated carbocycles. The van der Waals surface area contributed by atoms with Crippen molar-refractivity contribution in [2.45, 2.75) is 39.5 Å². The van der Waals surface area contributed by atoms with Gasteiger partial charge in [-0.25, -0.2) is 0 Å². The SMILES string of the molecule is CC1(COCCCCOc2cccc(N(c3ccc(Oc4cccc(N(c5ccc(-c6ccc(N(c7ccccc7)c7ccc(Oc8cccc(N(c9ccccc9)c9ccccc9)c8)cc7)cc6)cc5)c5cccc(OCCCCOCC6(C)COC6)c5)c4)cc3)c3ccc(-c4ccc(N(c5ccccc5)c5ccccc5)cc4)cc3)c2)COC1. The van der Waals surface area contributed by atoms with E-state index < -0.39 is 0 Å². The summed E-state index contributed by atoms with van der Waals surface area (Å²) in [4.78, 5) is 11.3. The molecule has 0 N–H and O–H groups in total. The number of anilines is 15. The maximum Gasteiger partial charge on any atom is 0.129 e. The lowest BCUT2D eigenvalue weighted by molar-refractivity contribution is -0.138. The second-order valence-corrected chi connectivity index (χ2v) is 31.5. The van der Waals surface area contributed by atoms with Crippen LogP contribution < -0.4 is 43.4 Å². The molecular formula is C108H99N5O8. The molecule has 604 valence electrons. The molecule has 0 spiro atoms. The molecule has 13 heteroatoms. The van der Waals surface area contributed by atoms with Crippen molar-refractivity contribution in [3.8, 4) is 56.8 Å². The number of hydrogen-bond donors (Lipinski definition) is 0. The van der Waals surface area contributed by atoms with Crippen LogP contribution in [0.15, 0.2) is 394 Å². The van der Waals surface area contributed by atoms with Crippen LogP contribution in [0.2, 0.25) is 0 Å². The average Bonchev–Trinajstić information content (AvgIpc) is 0.825. The van der Waals surface area contributed by atoms with Crippen molar-refractivity contribution in [3.63, 3.8) is 0 Å². The monoisotopic (exact) mass is 1590 g/mol. The molecule has 0 aliphatic carbocycles. The summed E-state index contributed by atoms with van der Waals surface area (Å²) in [5.41, 5.74) is 19.8. The minimum Gasteiger partial charge on any atom is -0.494 e. The minimum atomic E-state index is 0.121. The Morgan fingerprint density at radius 2 is 0.430 bits per heavy atom. The van der Waals surface area contributed by atoms with Gasteiger partial charge in [0.25, 0.3) is 0 Å². The van der Waals surface area contributed by atoms with Crippen molar-refractivity contribution >= 4 is 85.3 Å². The summed E-state index contributed by atoms with van der Waals surface area (Å²) in [5.74, 6) is 4.41. The highest BCUT2D eigenvalue weighted by Gasteiger charge is 2.34. The Morgan fingerprint density at radius 3 is 0.694 bits per heavy atom. The fourth-order valence-electron chi connectivity index (χ4n) is 15.4. The van der Waals surface area contributed by atoms with Gasteiger partial charge in [0.05, 0.1) is 52.9 Å². The van der Waals surface area contributed by atoms with Gasteiger partial charge in [-0.3, -0.25) is 0 Å². The summed E-state index contributed by atoms with van der Waals surface area (Å²) < 4.78 is 49.4. The van der Waals surface area contributed by atoms with Gasteiger partial charge in [0.1, 0.15) is 34.5 Å². The Balaban J connectivity index is 0.617. The number of nitrogens with zero attached hydrogens (tertiary/aromatic N) is 5. The summed E-state index contributed by atoms with van der Waals surface area (Å²) in [6.45, 7) is 11.4. The summed E-state index contributed by atoms with van der Waals surface area (Å²) in [6, 6.07) is 137. The molecule has 2 aliphatic heterocycles. The van der Waals surface area contributed by atoms with Crippen molar-refractivity contribution in [2.75, 3.05) is 90.6 Å². The van der Waals surface area contributed by atoms with Gasteiger partial charge >= 0.3 is 0 Å². The zero-order chi connectivity index (χ0) is 81.8. The minimum absolute atomic E-state index is 0.121. The quantitative estimate of drug-likeness (QED) is 0.0347. The van der Waals surface area contributed by atoms with Gasteiger partial charge in [0.15, 0.2) is 0 Å². The lowest BCUT2D eigenvalue weighted by atomic mass is 9.90. The first-order valence-corrected chi connectivity index (χ1v) is 41.9. The molecule has 0 amide bonds. The van der Waals surface area contributed by atoms with E-state index in [1.165, 1.54) is 0 Å². The largest absolute Gasteiger partial charge is 0.494 e. The third kappa shape index (κ3) is 20.0. The van der Waals surface area contributed by atoms with Gasteiger partial charge < -0.3 is 62.4 Å². The van der Waals surface area contributed by atoms with E-state index in [1.807, 2.05) is 72.8 Å². The molecule has 0 aromatic heterocycles. The van der Waals surface area contributed by atoms with Crippen molar-refractivity contribution in [2.24, 2.45) is 10.8 Å². The maximum absolute atomic E-state index is 6.88. The molecule has 2 saturated heterocycles. The summed E-state index contributed by atoms with van der Waals surface area (Å²) in [6.07, 6.45) is 3.55. The molecule has 13 nitrogen and oxygen atoms in total. The molecule has 0 radical (unpaired) electrons. The van der Waals surface area contributed by atoms with Gasteiger partial charge in [0, 0.05) is 134 Å². The zero-order valence-electron chi connectivity index (χ0n) is 68.4. The summed E-state index contributed by atoms with van der Waals surface area (Å²) >= 11 is 0. The summed E-state index contributed by atoms with van der Waals surface area (Å²) in [5, 5.41) is 0. The van der Waals surface area contributed by atoms with E-state index >= 15 is 0 Å². The van der Waals surface area contributed by atoms with Crippen molar-refractivity contribution < 1.29 is 37.9 Å². The predicted molar refractivity (Wildman–Crippen MR) is 493 cm³/mol. The first-order valence-electron chi connectivity index (χ1n) is 41.9. The third-order valence-corrected chi connectivity index (χ3v) is 21.8. The molecular weight excluding hydrogens is 1500 g/mol. The van der Waals surface area contributed by atoms with Crippen LogP contribution in [0.5, 0.6) is 34.5 Å². The zero-order valence-corrected chi connectivity index (χ0v) is 68.4. The van der Waals surface area contributed by atoms with Crippen molar-refractivity contribution in [1.82, 2.24) is 0 Å². The van der Waals surface area contributed by atoms with Crippen LogP contribution in [0.3, 0.4) is 0 Å². The summed E-state index contributed by atoms with van der Waals surface area (Å²) in [7, 11) is 0. The second-order valence-electron chi connectivity index (χ2n) is 31.5. The number of rotatable bonds is 37. The Hall–Kier alpha value is -13.7. The van der Waals surface area contributed by atoms with Gasteiger partial charge in [-0.2, -0.15) is 0 Å². The molecule has 121 heavy (non-hydrogen) atoms. The van der Waals surface area contributed by atoms with Gasteiger partial charge in [-0.05, 0) is 254 Å². The standard InChI is InChI=1S/C108H99N5O8/c1-107(78-116-79-107)76-114-68-18-20-70-118-103-40-22-36-97(72-103)112(93-56-48-84(49-57-93)82-44-52-91(53-45-82)109(86-26-8-3-9-27-86)87-28-10-4-11-29-87)96-62-66-102(67-63-96)121-106-43-25-39-100(75-106)113(98-37-23-41-104(73-98)119-71-21-19-69-115-77-108(2)80-117-81-108)94-58-50-85(51-59-94)83-46-54-92(55-47-83)110(88-30-12-5-13-31-88)95-60-64-101(65-61-95)120-105-42-24-38-99(74-105)111(89-32-14-6-15-33-89)90-34-16-7-17-35-90/h3-17,22-67,72-75H,18-21,68-71,76-81H2,1-2H3. The van der Waals surface area contributed by atoms with Gasteiger partial charge in [-0.1, -0.05) is 178 Å². The molecule has 2 heterocycles.